The molecule has 1 heterocycles. The van der Waals surface area contributed by atoms with Crippen LogP contribution in [0.4, 0.5) is 0 Å². The summed E-state index contributed by atoms with van der Waals surface area (Å²) in [5, 5.41) is 6.10. The first kappa shape index (κ1) is 33.3. The molecule has 1 nitrogen and oxygen atoms in total. The summed E-state index contributed by atoms with van der Waals surface area (Å²) in [5.41, 5.74) is 18.7. The maximum atomic E-state index is 4.81. The number of nitrogens with zero attached hydrogens (tertiary/aromatic N) is 1. The van der Waals surface area contributed by atoms with E-state index in [0.29, 0.717) is 0 Å². The van der Waals surface area contributed by atoms with Crippen LogP contribution in [0.2, 0.25) is 0 Å². The van der Waals surface area contributed by atoms with Crippen LogP contribution < -0.4 is 0 Å². The fraction of sp³-hybridized carbons (Fsp3) is 0.0536. The average molecular weight is 726 g/mol. The molecule has 0 N–H and O–H groups in total. The van der Waals surface area contributed by atoms with Crippen LogP contribution in [0.5, 0.6) is 0 Å². The minimum Gasteiger partial charge on any atom is -0.256 e. The first-order valence-electron chi connectivity index (χ1n) is 19.9. The molecule has 1 heteroatoms. The largest absolute Gasteiger partial charge is 0.256 e. The molecule has 0 saturated heterocycles. The summed E-state index contributed by atoms with van der Waals surface area (Å²) in [7, 11) is 0. The minimum absolute atomic E-state index is 0.00790. The number of fused-ring (bicyclic) bond motifs is 9. The molecule has 0 aliphatic heterocycles. The molecule has 0 unspecified atom stereocenters. The van der Waals surface area contributed by atoms with Crippen molar-refractivity contribution in [2.24, 2.45) is 0 Å². The van der Waals surface area contributed by atoms with Crippen LogP contribution >= 0.6 is 0 Å². The van der Waals surface area contributed by atoms with Gasteiger partial charge in [0.25, 0.3) is 0 Å². The molecule has 57 heavy (non-hydrogen) atoms. The molecular weight excluding hydrogens is 687 g/mol. The Morgan fingerprint density at radius 3 is 1.30 bits per heavy atom. The Morgan fingerprint density at radius 2 is 0.719 bits per heavy atom. The third kappa shape index (κ3) is 5.50. The third-order valence-electron chi connectivity index (χ3n) is 12.3. The van der Waals surface area contributed by atoms with Crippen LogP contribution in [0.3, 0.4) is 0 Å². The van der Waals surface area contributed by atoms with Crippen LogP contribution in [-0.4, -0.2) is 4.98 Å². The normalized spacial score (nSPS) is 12.9. The number of benzene rings is 9. The topological polar surface area (TPSA) is 12.9 Å². The molecule has 0 saturated carbocycles. The lowest BCUT2D eigenvalue weighted by Gasteiger charge is -2.21. The average Bonchev–Trinajstić information content (AvgIpc) is 3.51. The van der Waals surface area contributed by atoms with E-state index in [9.17, 15) is 0 Å². The molecule has 1 aliphatic rings. The molecule has 1 aliphatic carbocycles. The van der Waals surface area contributed by atoms with Gasteiger partial charge in [0.1, 0.15) is 0 Å². The van der Waals surface area contributed by atoms with E-state index < -0.39 is 0 Å². The smallest absolute Gasteiger partial charge is 0.0786 e. The Balaban J connectivity index is 0.915. The molecule has 0 radical (unpaired) electrons. The van der Waals surface area contributed by atoms with E-state index in [-0.39, 0.29) is 5.41 Å². The fourth-order valence-corrected chi connectivity index (χ4v) is 9.36. The first-order chi connectivity index (χ1) is 28.0. The molecular formula is C56H39N. The van der Waals surface area contributed by atoms with E-state index in [0.717, 1.165) is 5.52 Å². The molecule has 1 aromatic heterocycles. The number of hydrogen-bond acceptors (Lipinski definition) is 1. The van der Waals surface area contributed by atoms with Gasteiger partial charge in [-0.05, 0) is 137 Å². The number of rotatable bonds is 5. The maximum absolute atomic E-state index is 4.81. The van der Waals surface area contributed by atoms with Crippen molar-refractivity contribution < 1.29 is 0 Å². The van der Waals surface area contributed by atoms with Crippen LogP contribution in [-0.2, 0) is 5.41 Å². The Kier molecular flexibility index (Phi) is 7.59. The Bertz CT molecular complexity index is 3180. The van der Waals surface area contributed by atoms with Gasteiger partial charge >= 0.3 is 0 Å². The summed E-state index contributed by atoms with van der Waals surface area (Å²) < 4.78 is 0. The molecule has 0 atom stereocenters. The highest BCUT2D eigenvalue weighted by Gasteiger charge is 2.35. The van der Waals surface area contributed by atoms with Crippen LogP contribution in [0.25, 0.3) is 99.2 Å². The van der Waals surface area contributed by atoms with Crippen molar-refractivity contribution in [3.05, 3.63) is 211 Å². The highest BCUT2D eigenvalue weighted by Crippen LogP contribution is 2.49. The molecule has 0 spiro atoms. The fourth-order valence-electron chi connectivity index (χ4n) is 9.36. The van der Waals surface area contributed by atoms with Crippen molar-refractivity contribution in [3.63, 3.8) is 0 Å². The van der Waals surface area contributed by atoms with Crippen LogP contribution in [0.1, 0.15) is 25.0 Å². The second kappa shape index (κ2) is 13.0. The molecule has 10 aromatic rings. The van der Waals surface area contributed by atoms with Gasteiger partial charge in [0.15, 0.2) is 0 Å². The van der Waals surface area contributed by atoms with E-state index in [1.807, 2.05) is 12.3 Å². The van der Waals surface area contributed by atoms with Gasteiger partial charge in [-0.1, -0.05) is 166 Å². The van der Waals surface area contributed by atoms with Crippen molar-refractivity contribution in [3.8, 4) is 66.8 Å². The minimum atomic E-state index is 0.00790. The summed E-state index contributed by atoms with van der Waals surface area (Å²) in [4.78, 5) is 4.81. The van der Waals surface area contributed by atoms with Crippen molar-refractivity contribution in [1.82, 2.24) is 4.98 Å². The van der Waals surface area contributed by atoms with Gasteiger partial charge < -0.3 is 0 Å². The van der Waals surface area contributed by atoms with Gasteiger partial charge in [0.2, 0.25) is 0 Å². The van der Waals surface area contributed by atoms with Gasteiger partial charge in [-0.25, -0.2) is 0 Å². The van der Waals surface area contributed by atoms with Gasteiger partial charge in [-0.2, -0.15) is 0 Å². The molecule has 0 fully saturated rings. The predicted octanol–water partition coefficient (Wildman–Crippen LogP) is 15.2. The van der Waals surface area contributed by atoms with Crippen molar-refractivity contribution in [1.29, 1.82) is 0 Å². The molecule has 0 bridgehead atoms. The zero-order valence-electron chi connectivity index (χ0n) is 32.0. The molecule has 268 valence electrons. The monoisotopic (exact) mass is 725 g/mol. The predicted molar refractivity (Wildman–Crippen MR) is 241 cm³/mol. The lowest BCUT2D eigenvalue weighted by Crippen LogP contribution is -2.14. The van der Waals surface area contributed by atoms with E-state index in [1.165, 1.54) is 105 Å². The lowest BCUT2D eigenvalue weighted by molar-refractivity contribution is 0.660. The maximum Gasteiger partial charge on any atom is 0.0786 e. The third-order valence-corrected chi connectivity index (χ3v) is 12.3. The van der Waals surface area contributed by atoms with Gasteiger partial charge in [0.05, 0.1) is 5.52 Å². The zero-order valence-corrected chi connectivity index (χ0v) is 32.0. The highest BCUT2D eigenvalue weighted by molar-refractivity contribution is 6.24. The van der Waals surface area contributed by atoms with E-state index in [2.05, 4.69) is 202 Å². The molecule has 11 rings (SSSR count). The first-order valence-corrected chi connectivity index (χ1v) is 19.9. The summed E-state index contributed by atoms with van der Waals surface area (Å²) in [6.07, 6.45) is 1.89. The number of aromatic nitrogens is 1. The number of hydrogen-bond donors (Lipinski definition) is 0. The van der Waals surface area contributed by atoms with Crippen molar-refractivity contribution >= 4 is 32.4 Å². The molecule has 9 aromatic carbocycles. The van der Waals surface area contributed by atoms with Gasteiger partial charge in [-0.15, -0.1) is 0 Å². The quantitative estimate of drug-likeness (QED) is 0.161. The summed E-state index contributed by atoms with van der Waals surface area (Å²) >= 11 is 0. The second-order valence-electron chi connectivity index (χ2n) is 16.0. The van der Waals surface area contributed by atoms with Gasteiger partial charge in [0, 0.05) is 22.4 Å². The summed E-state index contributed by atoms with van der Waals surface area (Å²) in [6.45, 7) is 4.68. The van der Waals surface area contributed by atoms with Gasteiger partial charge in [-0.3, -0.25) is 4.98 Å². The van der Waals surface area contributed by atoms with Crippen LogP contribution in [0.15, 0.2) is 200 Å². The number of pyridine rings is 1. The van der Waals surface area contributed by atoms with E-state index in [4.69, 9.17) is 4.98 Å². The summed E-state index contributed by atoms with van der Waals surface area (Å²) in [5.74, 6) is 0. The van der Waals surface area contributed by atoms with E-state index >= 15 is 0 Å². The second-order valence-corrected chi connectivity index (χ2v) is 16.0. The Hall–Kier alpha value is -7.09. The van der Waals surface area contributed by atoms with E-state index in [1.54, 1.807) is 0 Å². The molecule has 0 amide bonds. The summed E-state index contributed by atoms with van der Waals surface area (Å²) in [6, 6.07) is 71.4. The highest BCUT2D eigenvalue weighted by atomic mass is 14.6. The Labute approximate surface area is 333 Å². The SMILES string of the molecule is CC1(C)c2ccccc2-c2cc(-c3cccc(-c4cccc(-c5cccc(-c6cccc(-c7ccc8c(c7)c7ccccc7c7cccnc78)c6)c5)c4)c3)ccc21. The standard InChI is InChI=1S/C56H39N/c1-56(2)53-24-6-5-22-48(53)52-35-45(26-28-54(52)56)43-19-10-17-41(33-43)39-15-8-13-37(31-39)36-12-7-14-38(30-36)40-16-9-18-42(32-40)44-25-27-50-51(34-44)47-21-4-3-20-46(47)49-23-11-29-57-55(49)50/h3-35H,1-2H3. The Morgan fingerprint density at radius 1 is 0.298 bits per heavy atom. The van der Waals surface area contributed by atoms with Crippen LogP contribution in [0, 0.1) is 0 Å². The van der Waals surface area contributed by atoms with Crippen molar-refractivity contribution in [2.45, 2.75) is 19.3 Å². The van der Waals surface area contributed by atoms with Crippen molar-refractivity contribution in [2.75, 3.05) is 0 Å². The zero-order chi connectivity index (χ0) is 38.1. The lowest BCUT2D eigenvalue weighted by atomic mass is 9.82.